The van der Waals surface area contributed by atoms with Gasteiger partial charge < -0.3 is 10.6 Å². The highest BCUT2D eigenvalue weighted by molar-refractivity contribution is 5.91. The van der Waals surface area contributed by atoms with Crippen molar-refractivity contribution in [2.45, 2.75) is 6.92 Å². The molecular weight excluding hydrogens is 258 g/mol. The molecule has 0 aliphatic carbocycles. The van der Waals surface area contributed by atoms with Crippen molar-refractivity contribution in [3.05, 3.63) is 42.2 Å². The Kier molecular flexibility index (Phi) is 4.43. The van der Waals surface area contributed by atoms with Gasteiger partial charge in [-0.3, -0.25) is 9.59 Å². The molecule has 0 spiro atoms. The first-order chi connectivity index (χ1) is 9.66. The van der Waals surface area contributed by atoms with Crippen molar-refractivity contribution in [2.24, 2.45) is 0 Å². The maximum atomic E-state index is 11.8. The minimum absolute atomic E-state index is 0.130. The topological polar surface area (TPSA) is 88.9 Å². The third kappa shape index (κ3) is 3.64. The molecule has 2 rings (SSSR count). The molecule has 2 N–H and O–H groups in total. The zero-order valence-corrected chi connectivity index (χ0v) is 11.0. The average Bonchev–Trinajstić information content (AvgIpc) is 2.94. The number of amides is 2. The summed E-state index contributed by atoms with van der Waals surface area (Å²) in [4.78, 5) is 23.9. The zero-order chi connectivity index (χ0) is 14.4. The van der Waals surface area contributed by atoms with Gasteiger partial charge >= 0.3 is 0 Å². The van der Waals surface area contributed by atoms with E-state index in [4.69, 9.17) is 0 Å². The second-order valence-electron chi connectivity index (χ2n) is 4.09. The van der Waals surface area contributed by atoms with E-state index in [0.717, 1.165) is 5.69 Å². The predicted octanol–water partition coefficient (Wildman–Crippen LogP) is 0.133. The highest BCUT2D eigenvalue weighted by atomic mass is 16.2. The maximum Gasteiger partial charge on any atom is 0.273 e. The number of benzene rings is 1. The summed E-state index contributed by atoms with van der Waals surface area (Å²) in [6, 6.07) is 9.32. The van der Waals surface area contributed by atoms with Gasteiger partial charge in [0.15, 0.2) is 5.69 Å². The van der Waals surface area contributed by atoms with Crippen LogP contribution in [0.15, 0.2) is 36.5 Å². The molecule has 0 bridgehead atoms. The quantitative estimate of drug-likeness (QED) is 0.758. The largest absolute Gasteiger partial charge is 0.355 e. The molecule has 2 amide bonds. The molecule has 0 aliphatic rings. The summed E-state index contributed by atoms with van der Waals surface area (Å²) >= 11 is 0. The molecule has 0 saturated heterocycles. The molecule has 1 aromatic heterocycles. The van der Waals surface area contributed by atoms with Crippen LogP contribution >= 0.6 is 0 Å². The summed E-state index contributed by atoms with van der Waals surface area (Å²) in [5.41, 5.74) is 1.02. The molecule has 2 aromatic rings. The lowest BCUT2D eigenvalue weighted by Gasteiger charge is -2.03. The fourth-order valence-electron chi connectivity index (χ4n) is 1.56. The number of carbonyl (C=O) groups is 2. The van der Waals surface area contributed by atoms with Crippen LogP contribution in [0.2, 0.25) is 0 Å². The van der Waals surface area contributed by atoms with E-state index in [1.165, 1.54) is 17.9 Å². The minimum atomic E-state index is -0.322. The van der Waals surface area contributed by atoms with Gasteiger partial charge in [-0.05, 0) is 12.1 Å². The molecular formula is C13H15N5O2. The van der Waals surface area contributed by atoms with Crippen LogP contribution in [0, 0.1) is 0 Å². The average molecular weight is 273 g/mol. The van der Waals surface area contributed by atoms with Crippen LogP contribution in [0.4, 0.5) is 0 Å². The Morgan fingerprint density at radius 1 is 1.15 bits per heavy atom. The number of hydrogen-bond donors (Lipinski definition) is 2. The zero-order valence-electron chi connectivity index (χ0n) is 11.0. The molecule has 0 fully saturated rings. The van der Waals surface area contributed by atoms with Crippen molar-refractivity contribution in [1.82, 2.24) is 25.6 Å². The third-order valence-electron chi connectivity index (χ3n) is 2.50. The molecule has 1 aromatic carbocycles. The van der Waals surface area contributed by atoms with Gasteiger partial charge in [0.2, 0.25) is 5.91 Å². The van der Waals surface area contributed by atoms with E-state index in [1.54, 1.807) is 0 Å². The maximum absolute atomic E-state index is 11.8. The Morgan fingerprint density at radius 2 is 1.85 bits per heavy atom. The fraction of sp³-hybridized carbons (Fsp3) is 0.231. The fourth-order valence-corrected chi connectivity index (χ4v) is 1.56. The summed E-state index contributed by atoms with van der Waals surface area (Å²) in [5.74, 6) is -0.452. The molecule has 0 unspecified atom stereocenters. The second kappa shape index (κ2) is 6.46. The SMILES string of the molecule is CC(=O)NCCNC(=O)c1cnn(-c2ccccc2)n1. The van der Waals surface area contributed by atoms with E-state index in [2.05, 4.69) is 20.8 Å². The Labute approximate surface area is 116 Å². The Morgan fingerprint density at radius 3 is 2.55 bits per heavy atom. The van der Waals surface area contributed by atoms with Gasteiger partial charge in [0, 0.05) is 20.0 Å². The smallest absolute Gasteiger partial charge is 0.273 e. The number of nitrogens with one attached hydrogen (secondary N) is 2. The highest BCUT2D eigenvalue weighted by Gasteiger charge is 2.10. The van der Waals surface area contributed by atoms with Gasteiger partial charge in [0.25, 0.3) is 5.91 Å². The normalized spacial score (nSPS) is 10.1. The van der Waals surface area contributed by atoms with Gasteiger partial charge in [-0.2, -0.15) is 9.90 Å². The lowest BCUT2D eigenvalue weighted by atomic mass is 10.3. The summed E-state index contributed by atoms with van der Waals surface area (Å²) < 4.78 is 0. The first-order valence-electron chi connectivity index (χ1n) is 6.17. The van der Waals surface area contributed by atoms with Crippen molar-refractivity contribution in [1.29, 1.82) is 0 Å². The Balaban J connectivity index is 1.92. The van der Waals surface area contributed by atoms with E-state index in [1.807, 2.05) is 30.3 Å². The van der Waals surface area contributed by atoms with Crippen molar-refractivity contribution in [3.63, 3.8) is 0 Å². The van der Waals surface area contributed by atoms with Crippen LogP contribution in [0.5, 0.6) is 0 Å². The summed E-state index contributed by atoms with van der Waals surface area (Å²) in [5, 5.41) is 13.4. The predicted molar refractivity (Wildman–Crippen MR) is 72.4 cm³/mol. The number of aromatic nitrogens is 3. The van der Waals surface area contributed by atoms with Crippen molar-refractivity contribution in [2.75, 3.05) is 13.1 Å². The molecule has 0 aliphatic heterocycles. The first-order valence-corrected chi connectivity index (χ1v) is 6.17. The molecule has 7 heteroatoms. The number of hydrogen-bond acceptors (Lipinski definition) is 4. The molecule has 0 radical (unpaired) electrons. The molecule has 20 heavy (non-hydrogen) atoms. The number of nitrogens with zero attached hydrogens (tertiary/aromatic N) is 3. The number of para-hydroxylation sites is 1. The van der Waals surface area contributed by atoms with Crippen LogP contribution in [0.25, 0.3) is 5.69 Å². The van der Waals surface area contributed by atoms with E-state index < -0.39 is 0 Å². The highest BCUT2D eigenvalue weighted by Crippen LogP contribution is 2.03. The lowest BCUT2D eigenvalue weighted by Crippen LogP contribution is -2.33. The summed E-state index contributed by atoms with van der Waals surface area (Å²) in [6.45, 7) is 2.15. The first kappa shape index (κ1) is 13.7. The minimum Gasteiger partial charge on any atom is -0.355 e. The lowest BCUT2D eigenvalue weighted by molar-refractivity contribution is -0.118. The van der Waals surface area contributed by atoms with Crippen LogP contribution in [0.3, 0.4) is 0 Å². The van der Waals surface area contributed by atoms with Crippen LogP contribution in [0.1, 0.15) is 17.4 Å². The van der Waals surface area contributed by atoms with Crippen molar-refractivity contribution < 1.29 is 9.59 Å². The van der Waals surface area contributed by atoms with Gasteiger partial charge in [0.1, 0.15) is 0 Å². The molecule has 1 heterocycles. The van der Waals surface area contributed by atoms with Gasteiger partial charge in [0.05, 0.1) is 11.9 Å². The van der Waals surface area contributed by atoms with Crippen molar-refractivity contribution in [3.8, 4) is 5.69 Å². The molecule has 7 nitrogen and oxygen atoms in total. The standard InChI is InChI=1S/C13H15N5O2/c1-10(19)14-7-8-15-13(20)12-9-16-18(17-12)11-5-3-2-4-6-11/h2-6,9H,7-8H2,1H3,(H,14,19)(H,15,20). The molecule has 104 valence electrons. The summed E-state index contributed by atoms with van der Waals surface area (Å²) in [6.07, 6.45) is 1.40. The van der Waals surface area contributed by atoms with E-state index in [0.29, 0.717) is 13.1 Å². The molecule has 0 atom stereocenters. The van der Waals surface area contributed by atoms with Crippen LogP contribution in [-0.4, -0.2) is 39.9 Å². The Hall–Kier alpha value is -2.70. The second-order valence-corrected chi connectivity index (χ2v) is 4.09. The van der Waals surface area contributed by atoms with Gasteiger partial charge in [-0.1, -0.05) is 18.2 Å². The molecule has 0 saturated carbocycles. The van der Waals surface area contributed by atoms with E-state index in [9.17, 15) is 9.59 Å². The van der Waals surface area contributed by atoms with E-state index in [-0.39, 0.29) is 17.5 Å². The summed E-state index contributed by atoms with van der Waals surface area (Å²) in [7, 11) is 0. The van der Waals surface area contributed by atoms with E-state index >= 15 is 0 Å². The van der Waals surface area contributed by atoms with Crippen LogP contribution in [-0.2, 0) is 4.79 Å². The monoisotopic (exact) mass is 273 g/mol. The van der Waals surface area contributed by atoms with Gasteiger partial charge in [-0.25, -0.2) is 0 Å². The van der Waals surface area contributed by atoms with Crippen molar-refractivity contribution >= 4 is 11.8 Å². The third-order valence-corrected chi connectivity index (χ3v) is 2.50. The Bertz CT molecular complexity index is 594. The van der Waals surface area contributed by atoms with Crippen LogP contribution < -0.4 is 10.6 Å². The number of rotatable bonds is 5. The van der Waals surface area contributed by atoms with Gasteiger partial charge in [-0.15, -0.1) is 5.10 Å². The number of carbonyl (C=O) groups excluding carboxylic acids is 2.